The molecule has 0 atom stereocenters. The normalized spacial score (nSPS) is 15.9. The summed E-state index contributed by atoms with van der Waals surface area (Å²) in [6.07, 6.45) is -3.33. The molecule has 2 N–H and O–H groups in total. The van der Waals surface area contributed by atoms with E-state index in [1.807, 2.05) is 24.3 Å². The molecule has 0 spiro atoms. The number of carbonyl (C=O) groups excluding carboxylic acids is 1. The minimum atomic E-state index is -4.86. The molecule has 0 radical (unpaired) electrons. The number of para-hydroxylation sites is 2. The minimum Gasteiger partial charge on any atom is -0.351 e. The fraction of sp³-hybridized carbons (Fsp3) is 0.364. The highest BCUT2D eigenvalue weighted by molar-refractivity contribution is 5.94. The van der Waals surface area contributed by atoms with Crippen LogP contribution in [-0.4, -0.2) is 46.5 Å². The summed E-state index contributed by atoms with van der Waals surface area (Å²) in [7, 11) is 0. The summed E-state index contributed by atoms with van der Waals surface area (Å²) < 4.78 is 53.7. The Morgan fingerprint density at radius 3 is 2.56 bits per heavy atom. The van der Waals surface area contributed by atoms with Crippen LogP contribution in [0, 0.1) is 5.82 Å². The number of halogens is 4. The van der Waals surface area contributed by atoms with Crippen LogP contribution in [0.25, 0.3) is 11.0 Å². The Balaban J connectivity index is 1.30. The van der Waals surface area contributed by atoms with Gasteiger partial charge >= 0.3 is 11.9 Å². The Labute approximate surface area is 180 Å². The maximum atomic E-state index is 13.4. The number of carbonyl (C=O) groups is 1. The zero-order valence-electron chi connectivity index (χ0n) is 17.1. The number of hydrogen-bond donors (Lipinski definition) is 2. The number of nitrogens with one attached hydrogen (secondary N) is 2. The summed E-state index contributed by atoms with van der Waals surface area (Å²) in [5, 5.41) is 2.59. The molecule has 6 nitrogen and oxygen atoms in total. The van der Waals surface area contributed by atoms with Gasteiger partial charge in [0.2, 0.25) is 0 Å². The highest BCUT2D eigenvalue weighted by Gasteiger charge is 2.34. The van der Waals surface area contributed by atoms with E-state index in [0.717, 1.165) is 43.0 Å². The van der Waals surface area contributed by atoms with Gasteiger partial charge < -0.3 is 15.2 Å². The summed E-state index contributed by atoms with van der Waals surface area (Å²) in [5.41, 5.74) is -0.150. The number of imidazole rings is 1. The van der Waals surface area contributed by atoms with Crippen molar-refractivity contribution in [2.24, 2.45) is 0 Å². The fourth-order valence-electron chi connectivity index (χ4n) is 4.15. The first-order valence-electron chi connectivity index (χ1n) is 10.3. The monoisotopic (exact) mass is 450 g/mol. The molecule has 0 saturated carbocycles. The molecule has 1 aliphatic heterocycles. The molecule has 1 saturated heterocycles. The molecule has 1 aliphatic rings. The Bertz CT molecular complexity index is 1180. The van der Waals surface area contributed by atoms with Gasteiger partial charge in [-0.3, -0.25) is 9.36 Å². The molecule has 32 heavy (non-hydrogen) atoms. The maximum Gasteiger partial charge on any atom is 0.419 e. The molecule has 0 bridgehead atoms. The fourth-order valence-corrected chi connectivity index (χ4v) is 4.15. The van der Waals surface area contributed by atoms with Crippen LogP contribution in [-0.2, 0) is 6.18 Å². The molecular formula is C22H22F4N4O2. The number of aromatic amines is 1. The number of fused-ring (bicyclic) bond motifs is 1. The van der Waals surface area contributed by atoms with Crippen LogP contribution in [0.3, 0.4) is 0 Å². The first kappa shape index (κ1) is 22.1. The highest BCUT2D eigenvalue weighted by Crippen LogP contribution is 2.32. The van der Waals surface area contributed by atoms with E-state index in [4.69, 9.17) is 0 Å². The van der Waals surface area contributed by atoms with Crippen molar-refractivity contribution in [3.05, 3.63) is 69.9 Å². The standard InChI is InChI=1S/C22H22F4N4O2/c23-17-6-5-14(13-16(17)22(24,25)26)20(31)27-9-12-29-10-7-15(8-11-29)30-19-4-2-1-3-18(19)28-21(30)32/h1-6,13,15H,7-12H2,(H,27,31)(H,28,32). The SMILES string of the molecule is O=C(NCCN1CCC(n2c(=O)[nH]c3ccccc32)CC1)c1ccc(F)c(C(F)(F)F)c1. The van der Waals surface area contributed by atoms with Crippen molar-refractivity contribution in [3.63, 3.8) is 0 Å². The molecule has 2 aromatic carbocycles. The number of piperidine rings is 1. The molecule has 3 aromatic rings. The number of likely N-dealkylation sites (tertiary alicyclic amines) is 1. The van der Waals surface area contributed by atoms with Gasteiger partial charge in [-0.1, -0.05) is 12.1 Å². The number of aromatic nitrogens is 2. The Hall–Kier alpha value is -3.14. The van der Waals surface area contributed by atoms with Crippen LogP contribution >= 0.6 is 0 Å². The number of benzene rings is 2. The van der Waals surface area contributed by atoms with E-state index in [2.05, 4.69) is 15.2 Å². The van der Waals surface area contributed by atoms with Gasteiger partial charge in [0.25, 0.3) is 5.91 Å². The first-order valence-corrected chi connectivity index (χ1v) is 10.3. The number of hydrogen-bond acceptors (Lipinski definition) is 3. The Morgan fingerprint density at radius 2 is 1.84 bits per heavy atom. The van der Waals surface area contributed by atoms with Crippen molar-refractivity contribution in [2.75, 3.05) is 26.2 Å². The van der Waals surface area contributed by atoms with Crippen molar-refractivity contribution in [1.82, 2.24) is 19.8 Å². The van der Waals surface area contributed by atoms with Crippen LogP contribution in [0.5, 0.6) is 0 Å². The zero-order valence-corrected chi connectivity index (χ0v) is 17.1. The second-order valence-corrected chi connectivity index (χ2v) is 7.84. The van der Waals surface area contributed by atoms with Crippen LogP contribution < -0.4 is 11.0 Å². The summed E-state index contributed by atoms with van der Waals surface area (Å²) in [6.45, 7) is 2.21. The number of alkyl halides is 3. The van der Waals surface area contributed by atoms with Crippen LogP contribution in [0.1, 0.15) is 34.8 Å². The topological polar surface area (TPSA) is 70.1 Å². The van der Waals surface area contributed by atoms with Crippen LogP contribution in [0.4, 0.5) is 17.6 Å². The highest BCUT2D eigenvalue weighted by atomic mass is 19.4. The quantitative estimate of drug-likeness (QED) is 0.584. The number of amides is 1. The summed E-state index contributed by atoms with van der Waals surface area (Å²) in [5.74, 6) is -2.10. The molecule has 0 aliphatic carbocycles. The predicted octanol–water partition coefficient (Wildman–Crippen LogP) is 3.55. The predicted molar refractivity (Wildman–Crippen MR) is 111 cm³/mol. The van der Waals surface area contributed by atoms with Crippen LogP contribution in [0.2, 0.25) is 0 Å². The van der Waals surface area contributed by atoms with Crippen molar-refractivity contribution >= 4 is 16.9 Å². The molecular weight excluding hydrogens is 428 g/mol. The van der Waals surface area contributed by atoms with Gasteiger partial charge in [-0.25, -0.2) is 9.18 Å². The Morgan fingerprint density at radius 1 is 1.12 bits per heavy atom. The van der Waals surface area contributed by atoms with E-state index in [9.17, 15) is 27.2 Å². The molecule has 0 unspecified atom stereocenters. The van der Waals surface area contributed by atoms with Crippen molar-refractivity contribution in [2.45, 2.75) is 25.1 Å². The van der Waals surface area contributed by atoms with E-state index >= 15 is 0 Å². The molecule has 1 fully saturated rings. The number of rotatable bonds is 5. The summed E-state index contributed by atoms with van der Waals surface area (Å²) in [6, 6.07) is 9.81. The van der Waals surface area contributed by atoms with E-state index in [1.54, 1.807) is 4.57 Å². The number of H-pyrrole nitrogens is 1. The lowest BCUT2D eigenvalue weighted by atomic mass is 10.0. The summed E-state index contributed by atoms with van der Waals surface area (Å²) in [4.78, 5) is 29.5. The van der Waals surface area contributed by atoms with Gasteiger partial charge in [0, 0.05) is 37.8 Å². The molecule has 10 heteroatoms. The molecule has 170 valence electrons. The maximum absolute atomic E-state index is 13.4. The van der Waals surface area contributed by atoms with Crippen molar-refractivity contribution in [3.8, 4) is 0 Å². The average Bonchev–Trinajstić information content (AvgIpc) is 3.09. The van der Waals surface area contributed by atoms with Crippen molar-refractivity contribution < 1.29 is 22.4 Å². The minimum absolute atomic E-state index is 0.0736. The third-order valence-electron chi connectivity index (χ3n) is 5.79. The van der Waals surface area contributed by atoms with Gasteiger partial charge in [-0.2, -0.15) is 13.2 Å². The lowest BCUT2D eigenvalue weighted by molar-refractivity contribution is -0.140. The zero-order chi connectivity index (χ0) is 22.9. The van der Waals surface area contributed by atoms with Gasteiger partial charge in [0.05, 0.1) is 16.6 Å². The molecule has 1 aromatic heterocycles. The largest absolute Gasteiger partial charge is 0.419 e. The number of nitrogens with zero attached hydrogens (tertiary/aromatic N) is 2. The lowest BCUT2D eigenvalue weighted by Gasteiger charge is -2.32. The van der Waals surface area contributed by atoms with Crippen LogP contribution in [0.15, 0.2) is 47.3 Å². The van der Waals surface area contributed by atoms with E-state index in [1.165, 1.54) is 0 Å². The third-order valence-corrected chi connectivity index (χ3v) is 5.79. The van der Waals surface area contributed by atoms with Gasteiger partial charge in [0.1, 0.15) is 5.82 Å². The third kappa shape index (κ3) is 4.55. The second kappa shape index (κ2) is 8.78. The Kier molecular flexibility index (Phi) is 6.05. The molecule has 1 amide bonds. The van der Waals surface area contributed by atoms with E-state index < -0.39 is 23.5 Å². The van der Waals surface area contributed by atoms with Crippen molar-refractivity contribution in [1.29, 1.82) is 0 Å². The van der Waals surface area contributed by atoms with E-state index in [-0.39, 0.29) is 23.8 Å². The second-order valence-electron chi connectivity index (χ2n) is 7.84. The first-order chi connectivity index (χ1) is 15.2. The van der Waals surface area contributed by atoms with Gasteiger partial charge in [0.15, 0.2) is 0 Å². The van der Waals surface area contributed by atoms with Gasteiger partial charge in [-0.15, -0.1) is 0 Å². The molecule has 2 heterocycles. The summed E-state index contributed by atoms with van der Waals surface area (Å²) >= 11 is 0. The van der Waals surface area contributed by atoms with Gasteiger partial charge in [-0.05, 0) is 43.2 Å². The molecule has 4 rings (SSSR count). The average molecular weight is 450 g/mol. The lowest BCUT2D eigenvalue weighted by Crippen LogP contribution is -2.41. The van der Waals surface area contributed by atoms with E-state index in [0.29, 0.717) is 18.7 Å². The smallest absolute Gasteiger partial charge is 0.351 e.